The Kier molecular flexibility index (Phi) is 4.07. The molecule has 0 fully saturated rings. The molecule has 2 aromatic carbocycles. The second-order valence-electron chi connectivity index (χ2n) is 5.00. The molecule has 1 amide bonds. The Bertz CT molecular complexity index is 935. The lowest BCUT2D eigenvalue weighted by molar-refractivity contribution is -0.384. The van der Waals surface area contributed by atoms with Crippen molar-refractivity contribution in [2.24, 2.45) is 0 Å². The summed E-state index contributed by atoms with van der Waals surface area (Å²) in [6, 6.07) is 11.1. The molecule has 120 valence electrons. The number of carbonyl (C=O) groups excluding carboxylic acids is 1. The number of aromatic nitrogens is 1. The molecule has 24 heavy (non-hydrogen) atoms. The minimum atomic E-state index is -0.529. The summed E-state index contributed by atoms with van der Waals surface area (Å²) in [7, 11) is 1.43. The van der Waals surface area contributed by atoms with Crippen molar-refractivity contribution in [1.82, 2.24) is 4.98 Å². The number of hydrogen-bond acceptors (Lipinski definition) is 5. The Morgan fingerprint density at radius 1 is 1.25 bits per heavy atom. The van der Waals surface area contributed by atoms with Crippen molar-refractivity contribution in [1.29, 1.82) is 0 Å². The number of fused-ring (bicyclic) bond motifs is 1. The monoisotopic (exact) mass is 323 g/mol. The van der Waals surface area contributed by atoms with Crippen LogP contribution in [-0.4, -0.2) is 22.9 Å². The zero-order valence-corrected chi connectivity index (χ0v) is 12.7. The van der Waals surface area contributed by atoms with E-state index in [1.165, 1.54) is 25.3 Å². The third kappa shape index (κ3) is 2.87. The number of methoxy groups -OCH3 is 1. The molecule has 1 heterocycles. The van der Waals surface area contributed by atoms with Crippen LogP contribution in [0.1, 0.15) is 10.4 Å². The lowest BCUT2D eigenvalue weighted by Crippen LogP contribution is -2.13. The molecule has 3 aromatic rings. The number of non-ortho nitro benzene ring substituents is 1. The topological polar surface area (TPSA) is 94.4 Å². The van der Waals surface area contributed by atoms with Gasteiger partial charge in [-0.1, -0.05) is 12.1 Å². The van der Waals surface area contributed by atoms with Crippen LogP contribution in [0.25, 0.3) is 10.8 Å². The summed E-state index contributed by atoms with van der Waals surface area (Å²) < 4.78 is 5.16. The van der Waals surface area contributed by atoms with Crippen LogP contribution in [0.5, 0.6) is 5.75 Å². The number of benzene rings is 2. The molecule has 1 aromatic heterocycles. The molecule has 7 heteroatoms. The molecule has 0 spiro atoms. The highest BCUT2D eigenvalue weighted by Crippen LogP contribution is 2.29. The van der Waals surface area contributed by atoms with E-state index in [4.69, 9.17) is 4.74 Å². The normalized spacial score (nSPS) is 10.4. The zero-order chi connectivity index (χ0) is 17.1. The molecule has 0 aliphatic heterocycles. The summed E-state index contributed by atoms with van der Waals surface area (Å²) in [5.41, 5.74) is 0.555. The van der Waals surface area contributed by atoms with Gasteiger partial charge in [0.1, 0.15) is 5.75 Å². The summed E-state index contributed by atoms with van der Waals surface area (Å²) in [6.45, 7) is 0. The standard InChI is InChI=1S/C17H13N3O4/c1-24-16-6-5-12(20(22)23)9-15(16)19-17(21)14-4-2-3-11-10-18-8-7-13(11)14/h2-10H,1H3,(H,19,21). The van der Waals surface area contributed by atoms with Crippen LogP contribution in [0.2, 0.25) is 0 Å². The van der Waals surface area contributed by atoms with E-state index >= 15 is 0 Å². The summed E-state index contributed by atoms with van der Waals surface area (Å²) in [5.74, 6) is -0.0403. The highest BCUT2D eigenvalue weighted by Gasteiger charge is 2.16. The first-order valence-corrected chi connectivity index (χ1v) is 7.06. The molecule has 0 saturated heterocycles. The second kappa shape index (κ2) is 6.33. The van der Waals surface area contributed by atoms with Crippen molar-refractivity contribution in [3.05, 3.63) is 70.5 Å². The van der Waals surface area contributed by atoms with Gasteiger partial charge in [0.05, 0.1) is 17.7 Å². The van der Waals surface area contributed by atoms with Gasteiger partial charge in [-0.25, -0.2) is 0 Å². The number of anilines is 1. The Labute approximate surface area is 137 Å². The van der Waals surface area contributed by atoms with Crippen molar-refractivity contribution in [3.63, 3.8) is 0 Å². The lowest BCUT2D eigenvalue weighted by Gasteiger charge is -2.11. The number of amides is 1. The van der Waals surface area contributed by atoms with Crippen LogP contribution in [0.15, 0.2) is 54.9 Å². The van der Waals surface area contributed by atoms with Crippen LogP contribution in [-0.2, 0) is 0 Å². The van der Waals surface area contributed by atoms with Crippen LogP contribution in [0.3, 0.4) is 0 Å². The van der Waals surface area contributed by atoms with Crippen LogP contribution >= 0.6 is 0 Å². The van der Waals surface area contributed by atoms with Gasteiger partial charge in [-0.2, -0.15) is 0 Å². The number of nitrogens with one attached hydrogen (secondary N) is 1. The van der Waals surface area contributed by atoms with E-state index in [0.717, 1.165) is 10.8 Å². The maximum atomic E-state index is 12.6. The Hall–Kier alpha value is -3.48. The number of ether oxygens (including phenoxy) is 1. The van der Waals surface area contributed by atoms with E-state index in [-0.39, 0.29) is 17.3 Å². The van der Waals surface area contributed by atoms with Crippen molar-refractivity contribution >= 4 is 28.1 Å². The predicted octanol–water partition coefficient (Wildman–Crippen LogP) is 3.40. The van der Waals surface area contributed by atoms with E-state index in [9.17, 15) is 14.9 Å². The fourth-order valence-corrected chi connectivity index (χ4v) is 2.42. The number of carbonyl (C=O) groups is 1. The van der Waals surface area contributed by atoms with E-state index in [1.54, 1.807) is 30.6 Å². The fourth-order valence-electron chi connectivity index (χ4n) is 2.42. The Morgan fingerprint density at radius 3 is 2.83 bits per heavy atom. The third-order valence-electron chi connectivity index (χ3n) is 3.57. The number of nitro benzene ring substituents is 1. The molecule has 0 unspecified atom stereocenters. The third-order valence-corrected chi connectivity index (χ3v) is 3.57. The molecule has 0 radical (unpaired) electrons. The summed E-state index contributed by atoms with van der Waals surface area (Å²) in [6.07, 6.45) is 3.27. The molecule has 0 bridgehead atoms. The highest BCUT2D eigenvalue weighted by atomic mass is 16.6. The lowest BCUT2D eigenvalue weighted by atomic mass is 10.1. The van der Waals surface area contributed by atoms with Gasteiger partial charge in [-0.3, -0.25) is 19.9 Å². The fraction of sp³-hybridized carbons (Fsp3) is 0.0588. The van der Waals surface area contributed by atoms with Crippen LogP contribution < -0.4 is 10.1 Å². The molecule has 7 nitrogen and oxygen atoms in total. The van der Waals surface area contributed by atoms with E-state index < -0.39 is 4.92 Å². The van der Waals surface area contributed by atoms with E-state index in [2.05, 4.69) is 10.3 Å². The number of pyridine rings is 1. The van der Waals surface area contributed by atoms with E-state index in [1.807, 2.05) is 6.07 Å². The van der Waals surface area contributed by atoms with Crippen LogP contribution in [0, 0.1) is 10.1 Å². The SMILES string of the molecule is COc1ccc([N+](=O)[O-])cc1NC(=O)c1cccc2cnccc12. The highest BCUT2D eigenvalue weighted by molar-refractivity contribution is 6.13. The minimum Gasteiger partial charge on any atom is -0.495 e. The maximum absolute atomic E-state index is 12.6. The quantitative estimate of drug-likeness (QED) is 0.586. The van der Waals surface area contributed by atoms with Crippen molar-refractivity contribution < 1.29 is 14.5 Å². The van der Waals surface area contributed by atoms with Crippen molar-refractivity contribution in [3.8, 4) is 5.75 Å². The average molecular weight is 323 g/mol. The molecular formula is C17H13N3O4. The average Bonchev–Trinajstić information content (AvgIpc) is 2.61. The maximum Gasteiger partial charge on any atom is 0.271 e. The number of nitro groups is 1. The second-order valence-corrected chi connectivity index (χ2v) is 5.00. The first kappa shape index (κ1) is 15.4. The van der Waals surface area contributed by atoms with E-state index in [0.29, 0.717) is 11.3 Å². The Morgan fingerprint density at radius 2 is 2.08 bits per heavy atom. The van der Waals surface area contributed by atoms with Gasteiger partial charge in [-0.05, 0) is 23.6 Å². The molecular weight excluding hydrogens is 310 g/mol. The van der Waals surface area contributed by atoms with Gasteiger partial charge >= 0.3 is 0 Å². The first-order valence-electron chi connectivity index (χ1n) is 7.06. The molecule has 1 N–H and O–H groups in total. The summed E-state index contributed by atoms with van der Waals surface area (Å²) in [5, 5.41) is 15.2. The minimum absolute atomic E-state index is 0.131. The number of nitrogens with zero attached hydrogens (tertiary/aromatic N) is 2. The van der Waals surface area contributed by atoms with Crippen molar-refractivity contribution in [2.75, 3.05) is 12.4 Å². The molecule has 0 aliphatic rings. The Balaban J connectivity index is 2.00. The van der Waals surface area contributed by atoms with Gasteiger partial charge < -0.3 is 10.1 Å². The predicted molar refractivity (Wildman–Crippen MR) is 89.3 cm³/mol. The van der Waals surface area contributed by atoms with Crippen molar-refractivity contribution in [2.45, 2.75) is 0 Å². The van der Waals surface area contributed by atoms with Gasteiger partial charge in [-0.15, -0.1) is 0 Å². The van der Waals surface area contributed by atoms with Gasteiger partial charge in [0.25, 0.3) is 11.6 Å². The number of rotatable bonds is 4. The van der Waals surface area contributed by atoms with Gasteiger partial charge in [0.15, 0.2) is 0 Å². The van der Waals surface area contributed by atoms with Gasteiger partial charge in [0, 0.05) is 35.5 Å². The van der Waals surface area contributed by atoms with Crippen LogP contribution in [0.4, 0.5) is 11.4 Å². The largest absolute Gasteiger partial charge is 0.495 e. The smallest absolute Gasteiger partial charge is 0.271 e. The molecule has 0 atom stereocenters. The molecule has 0 aliphatic carbocycles. The summed E-state index contributed by atoms with van der Waals surface area (Å²) >= 11 is 0. The molecule has 0 saturated carbocycles. The molecule has 3 rings (SSSR count). The first-order chi connectivity index (χ1) is 11.6. The zero-order valence-electron chi connectivity index (χ0n) is 12.7. The summed E-state index contributed by atoms with van der Waals surface area (Å²) in [4.78, 5) is 27.0. The number of hydrogen-bond donors (Lipinski definition) is 1. The van der Waals surface area contributed by atoms with Gasteiger partial charge in [0.2, 0.25) is 0 Å².